The number of para-hydroxylation sites is 1. The van der Waals surface area contributed by atoms with Gasteiger partial charge in [-0.05, 0) is 43.2 Å². The van der Waals surface area contributed by atoms with Crippen LogP contribution in [0, 0.1) is 0 Å². The van der Waals surface area contributed by atoms with Crippen LogP contribution in [0.25, 0.3) is 0 Å². The second-order valence-electron chi connectivity index (χ2n) is 5.80. The summed E-state index contributed by atoms with van der Waals surface area (Å²) in [6.07, 6.45) is 2.67. The molecule has 1 N–H and O–H groups in total. The number of ether oxygens (including phenoxy) is 1. The first-order valence-corrected chi connectivity index (χ1v) is 7.95. The van der Waals surface area contributed by atoms with Crippen LogP contribution in [-0.4, -0.2) is 32.3 Å². The molecule has 2 aromatic rings. The van der Waals surface area contributed by atoms with Crippen molar-refractivity contribution in [2.45, 2.75) is 19.4 Å². The molecule has 0 spiro atoms. The maximum Gasteiger partial charge on any atom is 0.253 e. The molecule has 0 aromatic heterocycles. The first-order valence-electron chi connectivity index (χ1n) is 7.95. The van der Waals surface area contributed by atoms with Crippen molar-refractivity contribution in [2.75, 3.05) is 19.2 Å². The Bertz CT molecular complexity index is 786. The molecule has 0 saturated carbocycles. The summed E-state index contributed by atoms with van der Waals surface area (Å²) in [5, 5.41) is 9.24. The van der Waals surface area contributed by atoms with Gasteiger partial charge in [-0.1, -0.05) is 18.2 Å². The van der Waals surface area contributed by atoms with Crippen LogP contribution >= 0.6 is 0 Å². The van der Waals surface area contributed by atoms with E-state index >= 15 is 0 Å². The molecule has 1 aliphatic rings. The molecular weight excluding hydrogens is 302 g/mol. The number of methoxy groups -OCH3 is 1. The van der Waals surface area contributed by atoms with Gasteiger partial charge in [-0.25, -0.2) is 0 Å². The molecule has 1 unspecified atom stereocenters. The van der Waals surface area contributed by atoms with Gasteiger partial charge in [0, 0.05) is 12.6 Å². The van der Waals surface area contributed by atoms with Crippen molar-refractivity contribution in [2.24, 2.45) is 5.10 Å². The van der Waals surface area contributed by atoms with E-state index in [1.54, 1.807) is 14.2 Å². The standard InChI is InChI=1S/C19H21N3O2/c1-13-10-14-8-9-16(24-3)11-15(14)12-21-22(13)18-7-5-4-6-17(18)19(23)20-2/h4-9,11-13H,10H2,1-3H3,(H,20,23). The van der Waals surface area contributed by atoms with Crippen molar-refractivity contribution in [3.8, 4) is 5.75 Å². The zero-order valence-electron chi connectivity index (χ0n) is 14.1. The SMILES string of the molecule is CNC(=O)c1ccccc1N1N=Cc2cc(OC)ccc2CC1C. The van der Waals surface area contributed by atoms with Gasteiger partial charge in [0.2, 0.25) is 0 Å². The maximum absolute atomic E-state index is 12.2. The molecule has 2 aromatic carbocycles. The Kier molecular flexibility index (Phi) is 4.51. The second-order valence-corrected chi connectivity index (χ2v) is 5.80. The van der Waals surface area contributed by atoms with Gasteiger partial charge in [-0.15, -0.1) is 0 Å². The Morgan fingerprint density at radius 2 is 2.08 bits per heavy atom. The average Bonchev–Trinajstić information content (AvgIpc) is 2.78. The van der Waals surface area contributed by atoms with Crippen LogP contribution in [0.2, 0.25) is 0 Å². The number of hydrogen-bond acceptors (Lipinski definition) is 4. The number of amides is 1. The highest BCUT2D eigenvalue weighted by Crippen LogP contribution is 2.28. The minimum absolute atomic E-state index is 0.114. The lowest BCUT2D eigenvalue weighted by Gasteiger charge is -2.26. The highest BCUT2D eigenvalue weighted by Gasteiger charge is 2.22. The van der Waals surface area contributed by atoms with Crippen LogP contribution in [0.1, 0.15) is 28.4 Å². The molecule has 0 aliphatic carbocycles. The number of anilines is 1. The first kappa shape index (κ1) is 16.1. The molecule has 3 rings (SSSR count). The van der Waals surface area contributed by atoms with Gasteiger partial charge in [-0.2, -0.15) is 5.10 Å². The van der Waals surface area contributed by atoms with Crippen LogP contribution in [0.5, 0.6) is 5.75 Å². The molecule has 5 nitrogen and oxygen atoms in total. The number of carbonyl (C=O) groups excluding carboxylic acids is 1. The number of fused-ring (bicyclic) bond motifs is 1. The minimum atomic E-state index is -0.114. The molecule has 1 atom stereocenters. The quantitative estimate of drug-likeness (QED) is 0.945. The van der Waals surface area contributed by atoms with E-state index in [4.69, 9.17) is 4.74 Å². The minimum Gasteiger partial charge on any atom is -0.497 e. The van der Waals surface area contributed by atoms with Crippen LogP contribution < -0.4 is 15.1 Å². The van der Waals surface area contributed by atoms with Gasteiger partial charge >= 0.3 is 0 Å². The zero-order valence-corrected chi connectivity index (χ0v) is 14.1. The lowest BCUT2D eigenvalue weighted by Crippen LogP contribution is -2.31. The summed E-state index contributed by atoms with van der Waals surface area (Å²) >= 11 is 0. The highest BCUT2D eigenvalue weighted by atomic mass is 16.5. The van der Waals surface area contributed by atoms with E-state index in [-0.39, 0.29) is 11.9 Å². The number of nitrogens with one attached hydrogen (secondary N) is 1. The Morgan fingerprint density at radius 1 is 1.29 bits per heavy atom. The summed E-state index contributed by atoms with van der Waals surface area (Å²) in [5.41, 5.74) is 3.68. The van der Waals surface area contributed by atoms with Crippen molar-refractivity contribution in [1.82, 2.24) is 5.32 Å². The Morgan fingerprint density at radius 3 is 2.83 bits per heavy atom. The molecule has 1 aliphatic heterocycles. The molecule has 0 radical (unpaired) electrons. The summed E-state index contributed by atoms with van der Waals surface area (Å²) in [6, 6.07) is 13.7. The molecule has 0 fully saturated rings. The smallest absolute Gasteiger partial charge is 0.253 e. The van der Waals surface area contributed by atoms with Gasteiger partial charge in [0.05, 0.1) is 30.6 Å². The average molecular weight is 323 g/mol. The van der Waals surface area contributed by atoms with E-state index in [9.17, 15) is 4.79 Å². The fraction of sp³-hybridized carbons (Fsp3) is 0.263. The fourth-order valence-electron chi connectivity index (χ4n) is 2.95. The van der Waals surface area contributed by atoms with E-state index in [1.165, 1.54) is 5.56 Å². The van der Waals surface area contributed by atoms with Crippen molar-refractivity contribution in [3.05, 3.63) is 59.2 Å². The number of rotatable bonds is 3. The van der Waals surface area contributed by atoms with E-state index in [2.05, 4.69) is 23.4 Å². The van der Waals surface area contributed by atoms with Crippen LogP contribution in [0.15, 0.2) is 47.6 Å². The third kappa shape index (κ3) is 2.97. The van der Waals surface area contributed by atoms with E-state index in [1.807, 2.05) is 47.6 Å². The monoisotopic (exact) mass is 323 g/mol. The zero-order chi connectivity index (χ0) is 17.1. The highest BCUT2D eigenvalue weighted by molar-refractivity contribution is 6.00. The molecule has 24 heavy (non-hydrogen) atoms. The van der Waals surface area contributed by atoms with Gasteiger partial charge in [-0.3, -0.25) is 9.80 Å². The first-order chi connectivity index (χ1) is 11.6. The van der Waals surface area contributed by atoms with Crippen LogP contribution in [0.4, 0.5) is 5.69 Å². The lowest BCUT2D eigenvalue weighted by atomic mass is 10.0. The summed E-state index contributed by atoms with van der Waals surface area (Å²) in [5.74, 6) is 0.698. The third-order valence-electron chi connectivity index (χ3n) is 4.23. The topological polar surface area (TPSA) is 53.9 Å². The Hall–Kier alpha value is -2.82. The fourth-order valence-corrected chi connectivity index (χ4v) is 2.95. The Labute approximate surface area is 141 Å². The summed E-state index contributed by atoms with van der Waals surface area (Å²) in [7, 11) is 3.29. The van der Waals surface area contributed by atoms with Crippen molar-refractivity contribution < 1.29 is 9.53 Å². The van der Waals surface area contributed by atoms with E-state index in [0.29, 0.717) is 5.56 Å². The van der Waals surface area contributed by atoms with E-state index < -0.39 is 0 Å². The summed E-state index contributed by atoms with van der Waals surface area (Å²) < 4.78 is 5.30. The lowest BCUT2D eigenvalue weighted by molar-refractivity contribution is 0.0963. The van der Waals surface area contributed by atoms with Gasteiger partial charge in [0.25, 0.3) is 5.91 Å². The maximum atomic E-state index is 12.2. The number of hydrogen-bond donors (Lipinski definition) is 1. The molecule has 5 heteroatoms. The number of benzene rings is 2. The molecule has 1 heterocycles. The van der Waals surface area contributed by atoms with Gasteiger partial charge in [0.15, 0.2) is 0 Å². The van der Waals surface area contributed by atoms with Crippen molar-refractivity contribution in [3.63, 3.8) is 0 Å². The van der Waals surface area contributed by atoms with Gasteiger partial charge in [0.1, 0.15) is 5.75 Å². The molecule has 124 valence electrons. The predicted molar refractivity (Wildman–Crippen MR) is 96.1 cm³/mol. The molecule has 0 saturated heterocycles. The molecular formula is C19H21N3O2. The molecule has 0 bridgehead atoms. The number of carbonyl (C=O) groups is 1. The van der Waals surface area contributed by atoms with Crippen molar-refractivity contribution in [1.29, 1.82) is 0 Å². The van der Waals surface area contributed by atoms with E-state index in [0.717, 1.165) is 23.4 Å². The number of nitrogens with zero attached hydrogens (tertiary/aromatic N) is 2. The second kappa shape index (κ2) is 6.74. The van der Waals surface area contributed by atoms with Crippen LogP contribution in [-0.2, 0) is 6.42 Å². The van der Waals surface area contributed by atoms with Gasteiger partial charge < -0.3 is 10.1 Å². The largest absolute Gasteiger partial charge is 0.497 e. The number of hydrazone groups is 1. The summed E-state index contributed by atoms with van der Waals surface area (Å²) in [6.45, 7) is 2.11. The third-order valence-corrected chi connectivity index (χ3v) is 4.23. The molecule has 1 amide bonds. The Balaban J connectivity index is 2.01. The van der Waals surface area contributed by atoms with Crippen molar-refractivity contribution >= 4 is 17.8 Å². The summed E-state index contributed by atoms with van der Waals surface area (Å²) in [4.78, 5) is 12.2. The predicted octanol–water partition coefficient (Wildman–Crippen LogP) is 2.84. The van der Waals surface area contributed by atoms with Crippen LogP contribution in [0.3, 0.4) is 0 Å². The normalized spacial score (nSPS) is 16.3.